The van der Waals surface area contributed by atoms with Crippen LogP contribution in [0.4, 0.5) is 5.69 Å². The predicted octanol–water partition coefficient (Wildman–Crippen LogP) is 7.26. The van der Waals surface area contributed by atoms with Crippen LogP contribution in [0.15, 0.2) is 83.5 Å². The molecule has 3 heterocycles. The van der Waals surface area contributed by atoms with E-state index < -0.39 is 0 Å². The Bertz CT molecular complexity index is 1550. The number of para-hydroxylation sites is 2. The Kier molecular flexibility index (Phi) is 4.19. The minimum absolute atomic E-state index is 0.135. The Labute approximate surface area is 194 Å². The van der Waals surface area contributed by atoms with Gasteiger partial charge < -0.3 is 18.8 Å². The summed E-state index contributed by atoms with van der Waals surface area (Å²) in [4.78, 5) is 4.80. The second-order valence-electron chi connectivity index (χ2n) is 9.66. The summed E-state index contributed by atoms with van der Waals surface area (Å²) < 4.78 is 8.71. The van der Waals surface area contributed by atoms with Crippen LogP contribution in [0.5, 0.6) is 0 Å². The highest BCUT2D eigenvalue weighted by molar-refractivity contribution is 6.09. The Morgan fingerprint density at radius 1 is 0.879 bits per heavy atom. The first-order valence-electron chi connectivity index (χ1n) is 11.6. The average molecular weight is 436 g/mol. The summed E-state index contributed by atoms with van der Waals surface area (Å²) in [7, 11) is 2.17. The minimum atomic E-state index is -0.200. The second-order valence-corrected chi connectivity index (χ2v) is 9.66. The highest BCUT2D eigenvalue weighted by Gasteiger charge is 2.38. The third-order valence-electron chi connectivity index (χ3n) is 7.40. The van der Waals surface area contributed by atoms with Gasteiger partial charge in [0.15, 0.2) is 5.58 Å². The molecule has 0 saturated heterocycles. The molecular formula is C29H29N3O. The zero-order chi connectivity index (χ0) is 22.9. The number of rotatable bonds is 3. The van der Waals surface area contributed by atoms with Crippen molar-refractivity contribution in [2.24, 2.45) is 7.05 Å². The van der Waals surface area contributed by atoms with E-state index in [0.717, 1.165) is 27.6 Å². The molecule has 0 bridgehead atoms. The van der Waals surface area contributed by atoms with Crippen LogP contribution >= 0.6 is 0 Å². The lowest BCUT2D eigenvalue weighted by molar-refractivity contribution is 0.145. The van der Waals surface area contributed by atoms with Crippen LogP contribution in [0.2, 0.25) is 0 Å². The smallest absolute Gasteiger partial charge is 0.159 e. The summed E-state index contributed by atoms with van der Waals surface area (Å²) in [6.07, 6.45) is 4.56. The molecule has 0 radical (unpaired) electrons. The summed E-state index contributed by atoms with van der Waals surface area (Å²) in [5.74, 6) is 0. The zero-order valence-electron chi connectivity index (χ0n) is 19.8. The van der Waals surface area contributed by atoms with Crippen molar-refractivity contribution in [3.8, 4) is 0 Å². The standard InChI is InChI=1S/C29H29N3O/c1-19-14-15-23-22-11-7-9-13-25(22)33-28(23)27(19)31-16-17-32(20(31)2)29(3,4)26-18-21-10-6-8-12-24(21)30(26)5/h6-18,20H,1-5H3/t20-/m1/s1. The van der Waals surface area contributed by atoms with Crippen LogP contribution in [-0.2, 0) is 12.6 Å². The van der Waals surface area contributed by atoms with Gasteiger partial charge in [-0.05, 0) is 56.8 Å². The molecular weight excluding hydrogens is 406 g/mol. The maximum Gasteiger partial charge on any atom is 0.159 e. The first-order valence-corrected chi connectivity index (χ1v) is 11.6. The molecule has 4 heteroatoms. The van der Waals surface area contributed by atoms with Crippen LogP contribution < -0.4 is 4.90 Å². The zero-order valence-corrected chi connectivity index (χ0v) is 19.8. The van der Waals surface area contributed by atoms with E-state index in [1.807, 2.05) is 12.1 Å². The predicted molar refractivity (Wildman–Crippen MR) is 137 cm³/mol. The fourth-order valence-electron chi connectivity index (χ4n) is 5.64. The normalized spacial score (nSPS) is 16.7. The van der Waals surface area contributed by atoms with E-state index in [9.17, 15) is 0 Å². The van der Waals surface area contributed by atoms with Gasteiger partial charge in [-0.3, -0.25) is 0 Å². The Morgan fingerprint density at radius 3 is 2.45 bits per heavy atom. The van der Waals surface area contributed by atoms with Gasteiger partial charge in [-0.15, -0.1) is 0 Å². The number of aryl methyl sites for hydroxylation is 2. The fourth-order valence-corrected chi connectivity index (χ4v) is 5.64. The first-order chi connectivity index (χ1) is 15.9. The number of hydrogen-bond acceptors (Lipinski definition) is 3. The van der Waals surface area contributed by atoms with Gasteiger partial charge in [-0.1, -0.05) is 48.5 Å². The van der Waals surface area contributed by atoms with E-state index in [1.54, 1.807) is 0 Å². The second kappa shape index (κ2) is 6.92. The van der Waals surface area contributed by atoms with Gasteiger partial charge in [0.1, 0.15) is 11.7 Å². The summed E-state index contributed by atoms with van der Waals surface area (Å²) in [6.45, 7) is 9.05. The van der Waals surface area contributed by atoms with Gasteiger partial charge in [0, 0.05) is 41.4 Å². The highest BCUT2D eigenvalue weighted by atomic mass is 16.3. The molecule has 166 valence electrons. The van der Waals surface area contributed by atoms with Crippen molar-refractivity contribution in [1.29, 1.82) is 0 Å². The van der Waals surface area contributed by atoms with Crippen molar-refractivity contribution in [1.82, 2.24) is 9.47 Å². The van der Waals surface area contributed by atoms with Crippen molar-refractivity contribution in [2.45, 2.75) is 39.4 Å². The van der Waals surface area contributed by atoms with E-state index in [1.165, 1.54) is 22.2 Å². The molecule has 1 aliphatic heterocycles. The number of anilines is 1. The van der Waals surface area contributed by atoms with Crippen molar-refractivity contribution in [3.05, 3.63) is 90.4 Å². The van der Waals surface area contributed by atoms with Gasteiger partial charge in [0.2, 0.25) is 0 Å². The third-order valence-corrected chi connectivity index (χ3v) is 7.40. The monoisotopic (exact) mass is 435 g/mol. The highest BCUT2D eigenvalue weighted by Crippen LogP contribution is 2.42. The number of fused-ring (bicyclic) bond motifs is 4. The van der Waals surface area contributed by atoms with Gasteiger partial charge in [-0.2, -0.15) is 0 Å². The topological polar surface area (TPSA) is 24.6 Å². The maximum atomic E-state index is 6.39. The third kappa shape index (κ3) is 2.76. The van der Waals surface area contributed by atoms with Crippen LogP contribution in [0.1, 0.15) is 32.0 Å². The Balaban J connectivity index is 1.44. The Morgan fingerprint density at radius 2 is 1.64 bits per heavy atom. The lowest BCUT2D eigenvalue weighted by atomic mass is 9.97. The van der Waals surface area contributed by atoms with E-state index in [0.29, 0.717) is 0 Å². The molecule has 0 amide bonds. The molecule has 2 aromatic heterocycles. The van der Waals surface area contributed by atoms with Crippen molar-refractivity contribution < 1.29 is 4.42 Å². The Hall–Kier alpha value is -3.66. The maximum absolute atomic E-state index is 6.39. The van der Waals surface area contributed by atoms with E-state index >= 15 is 0 Å². The molecule has 0 unspecified atom stereocenters. The van der Waals surface area contributed by atoms with Crippen molar-refractivity contribution in [2.75, 3.05) is 4.90 Å². The molecule has 0 saturated carbocycles. The van der Waals surface area contributed by atoms with Gasteiger partial charge >= 0.3 is 0 Å². The molecule has 0 spiro atoms. The molecule has 0 aliphatic carbocycles. The lowest BCUT2D eigenvalue weighted by Gasteiger charge is -2.42. The quantitative estimate of drug-likeness (QED) is 0.298. The largest absolute Gasteiger partial charge is 0.454 e. The van der Waals surface area contributed by atoms with E-state index in [2.05, 4.69) is 116 Å². The molecule has 3 aromatic carbocycles. The molecule has 6 rings (SSSR count). The summed E-state index contributed by atoms with van der Waals surface area (Å²) in [5.41, 5.74) is 6.59. The first kappa shape index (κ1) is 20.0. The summed E-state index contributed by atoms with van der Waals surface area (Å²) in [6, 6.07) is 23.6. The van der Waals surface area contributed by atoms with Crippen molar-refractivity contribution >= 4 is 38.5 Å². The average Bonchev–Trinajstić information content (AvgIpc) is 3.48. The van der Waals surface area contributed by atoms with Gasteiger partial charge in [0.05, 0.1) is 11.2 Å². The number of aromatic nitrogens is 1. The van der Waals surface area contributed by atoms with Crippen LogP contribution in [0, 0.1) is 6.92 Å². The van der Waals surface area contributed by atoms with Crippen molar-refractivity contribution in [3.63, 3.8) is 0 Å². The van der Waals surface area contributed by atoms with Crippen LogP contribution in [-0.4, -0.2) is 15.6 Å². The molecule has 0 N–H and O–H groups in total. The number of benzene rings is 3. The summed E-state index contributed by atoms with van der Waals surface area (Å²) in [5, 5.41) is 3.61. The molecule has 4 nitrogen and oxygen atoms in total. The van der Waals surface area contributed by atoms with Gasteiger partial charge in [-0.25, -0.2) is 0 Å². The van der Waals surface area contributed by atoms with Crippen LogP contribution in [0.25, 0.3) is 32.8 Å². The minimum Gasteiger partial charge on any atom is -0.454 e. The summed E-state index contributed by atoms with van der Waals surface area (Å²) >= 11 is 0. The number of nitrogens with zero attached hydrogens (tertiary/aromatic N) is 3. The fraction of sp³-hybridized carbons (Fsp3) is 0.241. The molecule has 5 aromatic rings. The SMILES string of the molecule is Cc1ccc2c(oc3ccccc32)c1N1C=CN(C(C)(C)c2cc3ccccc3n2C)[C@@H]1C. The molecule has 0 fully saturated rings. The lowest BCUT2D eigenvalue weighted by Crippen LogP contribution is -2.47. The van der Waals surface area contributed by atoms with Crippen LogP contribution in [0.3, 0.4) is 0 Å². The van der Waals surface area contributed by atoms with E-state index in [-0.39, 0.29) is 11.7 Å². The van der Waals surface area contributed by atoms with Gasteiger partial charge in [0.25, 0.3) is 0 Å². The molecule has 1 atom stereocenters. The molecule has 33 heavy (non-hydrogen) atoms. The number of hydrogen-bond donors (Lipinski definition) is 0. The van der Waals surface area contributed by atoms with E-state index in [4.69, 9.17) is 4.42 Å². The number of furan rings is 1. The molecule has 1 aliphatic rings.